The standard InChI is InChI=1S/C12H17N3O3S/c13-11-3-4-14-7-12(11)19(17,18)15-8-1-2-9(15)6-10(16)5-8/h3-4,7-10,16H,1-2,5-6H2,(H2,13,14). The lowest BCUT2D eigenvalue weighted by Crippen LogP contribution is -2.47. The molecule has 3 rings (SSSR count). The first kappa shape index (κ1) is 12.8. The van der Waals surface area contributed by atoms with Crippen LogP contribution in [-0.2, 0) is 10.0 Å². The van der Waals surface area contributed by atoms with E-state index < -0.39 is 16.1 Å². The fraction of sp³-hybridized carbons (Fsp3) is 0.583. The van der Waals surface area contributed by atoms with Crippen LogP contribution >= 0.6 is 0 Å². The summed E-state index contributed by atoms with van der Waals surface area (Å²) < 4.78 is 26.9. The Labute approximate surface area is 112 Å². The number of aliphatic hydroxyl groups is 1. The zero-order valence-electron chi connectivity index (χ0n) is 10.4. The van der Waals surface area contributed by atoms with E-state index in [0.717, 1.165) is 12.8 Å². The van der Waals surface area contributed by atoms with Gasteiger partial charge in [-0.15, -0.1) is 0 Å². The highest BCUT2D eigenvalue weighted by Gasteiger charge is 2.47. The highest BCUT2D eigenvalue weighted by molar-refractivity contribution is 7.89. The number of fused-ring (bicyclic) bond motifs is 2. The van der Waals surface area contributed by atoms with E-state index in [0.29, 0.717) is 12.8 Å². The largest absolute Gasteiger partial charge is 0.398 e. The first-order valence-electron chi connectivity index (χ1n) is 6.41. The molecule has 0 saturated carbocycles. The van der Waals surface area contributed by atoms with Crippen molar-refractivity contribution in [3.63, 3.8) is 0 Å². The lowest BCUT2D eigenvalue weighted by atomic mass is 10.0. The number of sulfonamides is 1. The maximum absolute atomic E-state index is 12.7. The molecule has 6 nitrogen and oxygen atoms in total. The van der Waals surface area contributed by atoms with E-state index >= 15 is 0 Å². The summed E-state index contributed by atoms with van der Waals surface area (Å²) in [5.41, 5.74) is 5.98. The molecule has 2 aliphatic rings. The van der Waals surface area contributed by atoms with Gasteiger partial charge in [-0.2, -0.15) is 4.31 Å². The van der Waals surface area contributed by atoms with Crippen molar-refractivity contribution < 1.29 is 13.5 Å². The second-order valence-electron chi connectivity index (χ2n) is 5.26. The fourth-order valence-corrected chi connectivity index (χ4v) is 5.17. The lowest BCUT2D eigenvalue weighted by Gasteiger charge is -2.36. The average Bonchev–Trinajstić information content (AvgIpc) is 2.63. The van der Waals surface area contributed by atoms with Crippen molar-refractivity contribution in [2.45, 2.75) is 48.8 Å². The van der Waals surface area contributed by atoms with Crippen LogP contribution in [0.2, 0.25) is 0 Å². The summed E-state index contributed by atoms with van der Waals surface area (Å²) >= 11 is 0. The van der Waals surface area contributed by atoms with Gasteiger partial charge in [0.05, 0.1) is 11.8 Å². The van der Waals surface area contributed by atoms with Crippen molar-refractivity contribution in [1.82, 2.24) is 9.29 Å². The summed E-state index contributed by atoms with van der Waals surface area (Å²) in [5, 5.41) is 9.74. The normalized spacial score (nSPS) is 31.5. The Hall–Kier alpha value is -1.18. The molecule has 0 radical (unpaired) electrons. The van der Waals surface area contributed by atoms with Crippen molar-refractivity contribution in [3.8, 4) is 0 Å². The molecule has 2 atom stereocenters. The number of rotatable bonds is 2. The summed E-state index contributed by atoms with van der Waals surface area (Å²) in [6.07, 6.45) is 5.02. The highest BCUT2D eigenvalue weighted by Crippen LogP contribution is 2.40. The third-order valence-electron chi connectivity index (χ3n) is 4.01. The molecule has 3 heterocycles. The van der Waals surface area contributed by atoms with Crippen LogP contribution in [0.5, 0.6) is 0 Å². The van der Waals surface area contributed by atoms with E-state index in [2.05, 4.69) is 4.98 Å². The summed E-state index contributed by atoms with van der Waals surface area (Å²) in [4.78, 5) is 3.93. The van der Waals surface area contributed by atoms with Crippen LogP contribution in [0.25, 0.3) is 0 Å². The first-order chi connectivity index (χ1) is 9.00. The molecular weight excluding hydrogens is 266 g/mol. The molecule has 7 heteroatoms. The minimum atomic E-state index is -3.62. The number of aromatic nitrogens is 1. The van der Waals surface area contributed by atoms with E-state index in [-0.39, 0.29) is 22.7 Å². The number of pyridine rings is 1. The first-order valence-corrected chi connectivity index (χ1v) is 7.85. The van der Waals surface area contributed by atoms with Crippen molar-refractivity contribution in [3.05, 3.63) is 18.5 Å². The van der Waals surface area contributed by atoms with E-state index in [9.17, 15) is 13.5 Å². The Morgan fingerprint density at radius 2 is 1.95 bits per heavy atom. The molecule has 2 bridgehead atoms. The number of piperidine rings is 1. The topological polar surface area (TPSA) is 96.5 Å². The van der Waals surface area contributed by atoms with Crippen molar-refractivity contribution in [2.75, 3.05) is 5.73 Å². The van der Waals surface area contributed by atoms with E-state index in [1.165, 1.54) is 22.8 Å². The Morgan fingerprint density at radius 1 is 1.32 bits per heavy atom. The van der Waals surface area contributed by atoms with Crippen LogP contribution < -0.4 is 5.73 Å². The van der Waals surface area contributed by atoms with Gasteiger partial charge in [-0.05, 0) is 31.7 Å². The number of hydrogen-bond donors (Lipinski definition) is 2. The molecular formula is C12H17N3O3S. The molecule has 1 aromatic heterocycles. The van der Waals surface area contributed by atoms with Gasteiger partial charge in [0, 0.05) is 24.5 Å². The maximum atomic E-state index is 12.7. The maximum Gasteiger partial charge on any atom is 0.247 e. The van der Waals surface area contributed by atoms with Crippen LogP contribution in [0.3, 0.4) is 0 Å². The number of hydrogen-bond acceptors (Lipinski definition) is 5. The van der Waals surface area contributed by atoms with Crippen LogP contribution in [0, 0.1) is 0 Å². The molecule has 2 aliphatic heterocycles. The van der Waals surface area contributed by atoms with Gasteiger partial charge in [0.15, 0.2) is 0 Å². The Kier molecular flexibility index (Phi) is 2.99. The number of nitrogens with two attached hydrogens (primary N) is 1. The van der Waals surface area contributed by atoms with Crippen LogP contribution in [0.4, 0.5) is 5.69 Å². The highest BCUT2D eigenvalue weighted by atomic mass is 32.2. The molecule has 3 N–H and O–H groups in total. The number of nitrogens with zero attached hydrogens (tertiary/aromatic N) is 2. The zero-order valence-corrected chi connectivity index (χ0v) is 11.3. The smallest absolute Gasteiger partial charge is 0.247 e. The quantitative estimate of drug-likeness (QED) is 0.816. The van der Waals surface area contributed by atoms with Gasteiger partial charge in [-0.25, -0.2) is 8.42 Å². The summed E-state index contributed by atoms with van der Waals surface area (Å²) in [5.74, 6) is 0. The second kappa shape index (κ2) is 4.43. The number of aliphatic hydroxyl groups excluding tert-OH is 1. The number of nitrogen functional groups attached to an aromatic ring is 1. The van der Waals surface area contributed by atoms with Gasteiger partial charge >= 0.3 is 0 Å². The summed E-state index contributed by atoms with van der Waals surface area (Å²) in [6, 6.07) is 1.27. The molecule has 2 unspecified atom stereocenters. The fourth-order valence-electron chi connectivity index (χ4n) is 3.22. The second-order valence-corrected chi connectivity index (χ2v) is 7.07. The molecule has 0 amide bonds. The van der Waals surface area contributed by atoms with Gasteiger partial charge in [-0.1, -0.05) is 0 Å². The van der Waals surface area contributed by atoms with Crippen molar-refractivity contribution in [2.24, 2.45) is 0 Å². The molecule has 0 aromatic carbocycles. The van der Waals surface area contributed by atoms with Crippen LogP contribution in [0.1, 0.15) is 25.7 Å². The third kappa shape index (κ3) is 2.01. The van der Waals surface area contributed by atoms with Crippen LogP contribution in [0.15, 0.2) is 23.4 Å². The lowest BCUT2D eigenvalue weighted by molar-refractivity contribution is 0.0769. The molecule has 2 fully saturated rings. The number of anilines is 1. The van der Waals surface area contributed by atoms with Gasteiger partial charge in [-0.3, -0.25) is 4.98 Å². The molecule has 2 saturated heterocycles. The zero-order chi connectivity index (χ0) is 13.6. The molecule has 1 aromatic rings. The monoisotopic (exact) mass is 283 g/mol. The van der Waals surface area contributed by atoms with Crippen molar-refractivity contribution >= 4 is 15.7 Å². The van der Waals surface area contributed by atoms with Gasteiger partial charge in [0.2, 0.25) is 10.0 Å². The molecule has 0 aliphatic carbocycles. The SMILES string of the molecule is Nc1ccncc1S(=O)(=O)N1C2CCC1CC(O)C2. The van der Waals surface area contributed by atoms with Crippen molar-refractivity contribution in [1.29, 1.82) is 0 Å². The minimum absolute atomic E-state index is 0.0725. The Bertz CT molecular complexity index is 576. The van der Waals surface area contributed by atoms with E-state index in [4.69, 9.17) is 5.73 Å². The van der Waals surface area contributed by atoms with E-state index in [1.54, 1.807) is 0 Å². The van der Waals surface area contributed by atoms with Gasteiger partial charge in [0.1, 0.15) is 4.90 Å². The summed E-state index contributed by atoms with van der Waals surface area (Å²) in [6.45, 7) is 0. The molecule has 104 valence electrons. The molecule has 0 spiro atoms. The third-order valence-corrected chi connectivity index (χ3v) is 6.06. The van der Waals surface area contributed by atoms with Crippen LogP contribution in [-0.4, -0.2) is 41.0 Å². The predicted molar refractivity (Wildman–Crippen MR) is 69.7 cm³/mol. The summed E-state index contributed by atoms with van der Waals surface area (Å²) in [7, 11) is -3.62. The van der Waals surface area contributed by atoms with Gasteiger partial charge in [0.25, 0.3) is 0 Å². The minimum Gasteiger partial charge on any atom is -0.398 e. The predicted octanol–water partition coefficient (Wildman–Crippen LogP) is 0.340. The average molecular weight is 283 g/mol. The Morgan fingerprint density at radius 3 is 2.53 bits per heavy atom. The van der Waals surface area contributed by atoms with Gasteiger partial charge < -0.3 is 10.8 Å². The molecule has 19 heavy (non-hydrogen) atoms. The van der Waals surface area contributed by atoms with E-state index in [1.807, 2.05) is 0 Å². The Balaban J connectivity index is 2.01.